The van der Waals surface area contributed by atoms with Gasteiger partial charge in [-0.15, -0.1) is 0 Å². The van der Waals surface area contributed by atoms with Crippen molar-refractivity contribution >= 4 is 0 Å². The lowest BCUT2D eigenvalue weighted by molar-refractivity contribution is -0.108. The van der Waals surface area contributed by atoms with Gasteiger partial charge in [-0.3, -0.25) is 0 Å². The van der Waals surface area contributed by atoms with Crippen LogP contribution in [0.15, 0.2) is 0 Å². The molecule has 0 rings (SSSR count). The Morgan fingerprint density at radius 2 is 1.64 bits per heavy atom. The highest BCUT2D eigenvalue weighted by atomic mass is 16.7. The summed E-state index contributed by atoms with van der Waals surface area (Å²) in [5.74, 6) is 0.780. The summed E-state index contributed by atoms with van der Waals surface area (Å²) in [6.07, 6.45) is 3.41. The minimum Gasteiger partial charge on any atom is -0.356 e. The number of methoxy groups -OCH3 is 2. The second kappa shape index (κ2) is 6.62. The van der Waals surface area contributed by atoms with Crippen LogP contribution < -0.4 is 0 Å². The Bertz CT molecular complexity index is 79.6. The topological polar surface area (TPSA) is 18.5 Å². The van der Waals surface area contributed by atoms with Crippen molar-refractivity contribution in [1.29, 1.82) is 0 Å². The second-order valence-corrected chi connectivity index (χ2v) is 2.99. The zero-order chi connectivity index (χ0) is 8.69. The summed E-state index contributed by atoms with van der Waals surface area (Å²) in [4.78, 5) is 0. The van der Waals surface area contributed by atoms with E-state index in [9.17, 15) is 0 Å². The minimum atomic E-state index is -0.0102. The molecule has 0 aliphatic carbocycles. The van der Waals surface area contributed by atoms with Crippen LogP contribution in [0.4, 0.5) is 0 Å². The van der Waals surface area contributed by atoms with Crippen LogP contribution >= 0.6 is 0 Å². The lowest BCUT2D eigenvalue weighted by Crippen LogP contribution is -2.13. The monoisotopic (exact) mass is 160 g/mol. The highest BCUT2D eigenvalue weighted by molar-refractivity contribution is 4.52. The fourth-order valence-corrected chi connectivity index (χ4v) is 0.957. The molecule has 68 valence electrons. The molecule has 0 radical (unpaired) electrons. The van der Waals surface area contributed by atoms with Gasteiger partial charge >= 0.3 is 0 Å². The summed E-state index contributed by atoms with van der Waals surface area (Å²) in [6.45, 7) is 4.46. The van der Waals surface area contributed by atoms with Gasteiger partial charge in [-0.1, -0.05) is 20.3 Å². The van der Waals surface area contributed by atoms with Crippen molar-refractivity contribution in [2.75, 3.05) is 14.2 Å². The van der Waals surface area contributed by atoms with E-state index in [0.717, 1.165) is 12.3 Å². The number of hydrogen-bond acceptors (Lipinski definition) is 2. The molecular formula is C9H20O2. The molecule has 0 aromatic carbocycles. The van der Waals surface area contributed by atoms with Crippen molar-refractivity contribution in [1.82, 2.24) is 0 Å². The average Bonchev–Trinajstić information content (AvgIpc) is 2.06. The maximum Gasteiger partial charge on any atom is 0.156 e. The molecule has 1 unspecified atom stereocenters. The third-order valence-corrected chi connectivity index (χ3v) is 2.12. The van der Waals surface area contributed by atoms with E-state index >= 15 is 0 Å². The molecule has 1 atom stereocenters. The first-order valence-electron chi connectivity index (χ1n) is 4.30. The van der Waals surface area contributed by atoms with Gasteiger partial charge in [0, 0.05) is 14.2 Å². The smallest absolute Gasteiger partial charge is 0.156 e. The van der Waals surface area contributed by atoms with E-state index in [0.29, 0.717) is 0 Å². The normalized spacial score (nSPS) is 13.9. The molecule has 0 saturated carbocycles. The molecule has 11 heavy (non-hydrogen) atoms. The average molecular weight is 160 g/mol. The van der Waals surface area contributed by atoms with E-state index < -0.39 is 0 Å². The van der Waals surface area contributed by atoms with Gasteiger partial charge in [0.1, 0.15) is 0 Å². The van der Waals surface area contributed by atoms with Crippen LogP contribution in [0.25, 0.3) is 0 Å². The van der Waals surface area contributed by atoms with Crippen LogP contribution in [-0.2, 0) is 9.47 Å². The van der Waals surface area contributed by atoms with E-state index in [1.54, 1.807) is 14.2 Å². The quantitative estimate of drug-likeness (QED) is 0.556. The van der Waals surface area contributed by atoms with E-state index in [1.807, 2.05) is 0 Å². The third kappa shape index (κ3) is 5.22. The first-order chi connectivity index (χ1) is 5.24. The molecule has 0 spiro atoms. The van der Waals surface area contributed by atoms with Crippen LogP contribution in [-0.4, -0.2) is 20.5 Å². The van der Waals surface area contributed by atoms with Gasteiger partial charge in [0.25, 0.3) is 0 Å². The fourth-order valence-electron chi connectivity index (χ4n) is 0.957. The fraction of sp³-hybridized carbons (Fsp3) is 1.00. The molecule has 0 aromatic heterocycles. The molecule has 0 N–H and O–H groups in total. The van der Waals surface area contributed by atoms with E-state index in [1.165, 1.54) is 12.8 Å². The number of hydrogen-bond donors (Lipinski definition) is 0. The van der Waals surface area contributed by atoms with E-state index in [-0.39, 0.29) is 6.29 Å². The number of ether oxygens (including phenoxy) is 2. The maximum atomic E-state index is 5.07. The lowest BCUT2D eigenvalue weighted by Gasteiger charge is -2.15. The Balaban J connectivity index is 3.34. The van der Waals surface area contributed by atoms with Gasteiger partial charge < -0.3 is 9.47 Å². The second-order valence-electron chi connectivity index (χ2n) is 2.99. The summed E-state index contributed by atoms with van der Waals surface area (Å²) in [7, 11) is 3.37. The van der Waals surface area contributed by atoms with Gasteiger partial charge in [-0.25, -0.2) is 0 Å². The highest BCUT2D eigenvalue weighted by Crippen LogP contribution is 2.12. The van der Waals surface area contributed by atoms with Crippen LogP contribution in [0.2, 0.25) is 0 Å². The van der Waals surface area contributed by atoms with Crippen LogP contribution in [0.3, 0.4) is 0 Å². The summed E-state index contributed by atoms with van der Waals surface area (Å²) in [5, 5.41) is 0. The zero-order valence-electron chi connectivity index (χ0n) is 8.09. The van der Waals surface area contributed by atoms with Crippen LogP contribution in [0, 0.1) is 5.92 Å². The van der Waals surface area contributed by atoms with Gasteiger partial charge in [0.05, 0.1) is 0 Å². The standard InChI is InChI=1S/C9H20O2/c1-5-8(2)6-7-9(10-3)11-4/h8-9H,5-7H2,1-4H3. The molecule has 0 aromatic rings. The summed E-state index contributed by atoms with van der Waals surface area (Å²) < 4.78 is 10.1. The lowest BCUT2D eigenvalue weighted by atomic mass is 10.0. The van der Waals surface area contributed by atoms with Crippen molar-refractivity contribution in [3.8, 4) is 0 Å². The van der Waals surface area contributed by atoms with Gasteiger partial charge in [0.15, 0.2) is 6.29 Å². The molecule has 0 saturated heterocycles. The van der Waals surface area contributed by atoms with Gasteiger partial charge in [-0.2, -0.15) is 0 Å². The zero-order valence-corrected chi connectivity index (χ0v) is 8.09. The number of rotatable bonds is 6. The van der Waals surface area contributed by atoms with Crippen molar-refractivity contribution in [3.05, 3.63) is 0 Å². The Morgan fingerprint density at radius 3 is 2.00 bits per heavy atom. The summed E-state index contributed by atoms with van der Waals surface area (Å²) in [6, 6.07) is 0. The predicted octanol–water partition coefficient (Wildman–Crippen LogP) is 2.43. The SMILES string of the molecule is CCC(C)CCC(OC)OC. The molecule has 0 heterocycles. The Labute approximate surface area is 69.9 Å². The molecule has 0 aliphatic heterocycles. The highest BCUT2D eigenvalue weighted by Gasteiger charge is 2.06. The summed E-state index contributed by atoms with van der Waals surface area (Å²) in [5.41, 5.74) is 0. The maximum absolute atomic E-state index is 5.07. The predicted molar refractivity (Wildman–Crippen MR) is 46.5 cm³/mol. The molecule has 0 amide bonds. The van der Waals surface area contributed by atoms with E-state index in [2.05, 4.69) is 13.8 Å². The van der Waals surface area contributed by atoms with E-state index in [4.69, 9.17) is 9.47 Å². The molecule has 2 heteroatoms. The Kier molecular flexibility index (Phi) is 6.57. The third-order valence-electron chi connectivity index (χ3n) is 2.12. The van der Waals surface area contributed by atoms with Crippen molar-refractivity contribution in [3.63, 3.8) is 0 Å². The van der Waals surface area contributed by atoms with Crippen LogP contribution in [0.1, 0.15) is 33.1 Å². The molecule has 2 nitrogen and oxygen atoms in total. The molecule has 0 bridgehead atoms. The summed E-state index contributed by atoms with van der Waals surface area (Å²) >= 11 is 0. The molecular weight excluding hydrogens is 140 g/mol. The van der Waals surface area contributed by atoms with Crippen molar-refractivity contribution in [2.24, 2.45) is 5.92 Å². The van der Waals surface area contributed by atoms with Crippen molar-refractivity contribution in [2.45, 2.75) is 39.4 Å². The van der Waals surface area contributed by atoms with Gasteiger partial charge in [0.2, 0.25) is 0 Å². The minimum absolute atomic E-state index is 0.0102. The molecule has 0 fully saturated rings. The van der Waals surface area contributed by atoms with Crippen LogP contribution in [0.5, 0.6) is 0 Å². The largest absolute Gasteiger partial charge is 0.356 e. The Morgan fingerprint density at radius 1 is 1.09 bits per heavy atom. The Hall–Kier alpha value is -0.0800. The first kappa shape index (κ1) is 10.9. The van der Waals surface area contributed by atoms with Gasteiger partial charge in [-0.05, 0) is 18.8 Å². The first-order valence-corrected chi connectivity index (χ1v) is 4.30. The van der Waals surface area contributed by atoms with Crippen molar-refractivity contribution < 1.29 is 9.47 Å². The molecule has 0 aliphatic rings.